The van der Waals surface area contributed by atoms with Gasteiger partial charge < -0.3 is 15.1 Å². The van der Waals surface area contributed by atoms with Gasteiger partial charge in [-0.3, -0.25) is 9.48 Å². The summed E-state index contributed by atoms with van der Waals surface area (Å²) in [5.41, 5.74) is 6.48. The van der Waals surface area contributed by atoms with Crippen LogP contribution in [0.25, 0.3) is 21.9 Å². The Bertz CT molecular complexity index is 1390. The second-order valence-corrected chi connectivity index (χ2v) is 9.48. The molecular formula is C28H32N6O. The molecular weight excluding hydrogens is 436 g/mol. The number of hydrogen-bond acceptors (Lipinski definition) is 5. The van der Waals surface area contributed by atoms with Gasteiger partial charge in [0.05, 0.1) is 12.7 Å². The number of aryl methyl sites for hydroxylation is 2. The Morgan fingerprint density at radius 3 is 2.80 bits per heavy atom. The van der Waals surface area contributed by atoms with E-state index in [1.165, 1.54) is 22.4 Å². The minimum absolute atomic E-state index is 0.174. The number of hydrogen-bond donors (Lipinski definition) is 1. The first-order valence-electron chi connectivity index (χ1n) is 12.1. The maximum absolute atomic E-state index is 12.5. The molecule has 1 aliphatic heterocycles. The lowest BCUT2D eigenvalue weighted by Gasteiger charge is -2.32. The topological polar surface area (TPSA) is 66.3 Å². The summed E-state index contributed by atoms with van der Waals surface area (Å²) in [5.74, 6) is 0.665. The van der Waals surface area contributed by atoms with E-state index in [9.17, 15) is 4.79 Å². The van der Waals surface area contributed by atoms with Gasteiger partial charge in [-0.25, -0.2) is 4.98 Å². The average molecular weight is 469 g/mol. The summed E-state index contributed by atoms with van der Waals surface area (Å²) in [6, 6.07) is 14.6. The number of anilines is 2. The van der Waals surface area contributed by atoms with Gasteiger partial charge in [-0.15, -0.1) is 0 Å². The van der Waals surface area contributed by atoms with Gasteiger partial charge in [-0.2, -0.15) is 5.10 Å². The number of aromatic nitrogens is 3. The predicted octanol–water partition coefficient (Wildman–Crippen LogP) is 4.41. The number of nitrogens with zero attached hydrogens (tertiary/aromatic N) is 5. The summed E-state index contributed by atoms with van der Waals surface area (Å²) in [6.07, 6.45) is 6.15. The summed E-state index contributed by atoms with van der Waals surface area (Å²) >= 11 is 0. The van der Waals surface area contributed by atoms with Crippen LogP contribution in [0.4, 0.5) is 11.5 Å². The second kappa shape index (κ2) is 9.50. The molecule has 1 amide bonds. The molecule has 0 bridgehead atoms. The Morgan fingerprint density at radius 1 is 1.17 bits per heavy atom. The highest BCUT2D eigenvalue weighted by atomic mass is 16.1. The lowest BCUT2D eigenvalue weighted by Crippen LogP contribution is -2.27. The molecule has 0 saturated heterocycles. The molecule has 0 atom stereocenters. The van der Waals surface area contributed by atoms with Gasteiger partial charge in [-0.05, 0) is 74.1 Å². The van der Waals surface area contributed by atoms with Crippen molar-refractivity contribution in [2.24, 2.45) is 0 Å². The minimum atomic E-state index is -0.174. The van der Waals surface area contributed by atoms with Gasteiger partial charge in [0.1, 0.15) is 11.5 Å². The first kappa shape index (κ1) is 23.1. The van der Waals surface area contributed by atoms with E-state index in [2.05, 4.69) is 65.6 Å². The lowest BCUT2D eigenvalue weighted by atomic mass is 9.93. The molecule has 5 rings (SSSR count). The minimum Gasteiger partial charge on any atom is -0.354 e. The van der Waals surface area contributed by atoms with Crippen LogP contribution in [0.2, 0.25) is 0 Å². The van der Waals surface area contributed by atoms with Crippen LogP contribution in [0.5, 0.6) is 0 Å². The van der Waals surface area contributed by atoms with Crippen molar-refractivity contribution in [3.05, 3.63) is 71.7 Å². The third-order valence-electron chi connectivity index (χ3n) is 6.70. The molecule has 0 saturated carbocycles. The zero-order valence-electron chi connectivity index (χ0n) is 20.9. The molecule has 3 heterocycles. The summed E-state index contributed by atoms with van der Waals surface area (Å²) < 4.78 is 2.01. The highest BCUT2D eigenvalue weighted by molar-refractivity contribution is 6.01. The maximum Gasteiger partial charge on any atom is 0.269 e. The Kier molecular flexibility index (Phi) is 6.26. The van der Waals surface area contributed by atoms with Crippen molar-refractivity contribution in [2.45, 2.75) is 26.3 Å². The van der Waals surface area contributed by atoms with Crippen LogP contribution in [0, 0.1) is 6.92 Å². The summed E-state index contributed by atoms with van der Waals surface area (Å²) in [5, 5.41) is 9.37. The normalized spacial score (nSPS) is 13.3. The monoisotopic (exact) mass is 468 g/mol. The number of carbonyl (C=O) groups is 1. The van der Waals surface area contributed by atoms with E-state index >= 15 is 0 Å². The van der Waals surface area contributed by atoms with Crippen molar-refractivity contribution in [2.75, 3.05) is 39.1 Å². The van der Waals surface area contributed by atoms with Crippen molar-refractivity contribution < 1.29 is 4.79 Å². The summed E-state index contributed by atoms with van der Waals surface area (Å²) in [7, 11) is 5.79. The van der Waals surface area contributed by atoms with Crippen molar-refractivity contribution >= 4 is 28.2 Å². The van der Waals surface area contributed by atoms with Crippen molar-refractivity contribution in [1.29, 1.82) is 0 Å². The third-order valence-corrected chi connectivity index (χ3v) is 6.70. The number of pyridine rings is 1. The fraction of sp³-hybridized carbons (Fsp3) is 0.321. The number of carbonyl (C=O) groups excluding carboxylic acids is 1. The molecule has 180 valence electrons. The highest BCUT2D eigenvalue weighted by Gasteiger charge is 2.24. The van der Waals surface area contributed by atoms with E-state index in [1.807, 2.05) is 35.1 Å². The largest absolute Gasteiger partial charge is 0.354 e. The molecule has 0 radical (unpaired) electrons. The molecule has 0 unspecified atom stereocenters. The van der Waals surface area contributed by atoms with Crippen molar-refractivity contribution in [3.8, 4) is 11.1 Å². The lowest BCUT2D eigenvalue weighted by molar-refractivity contribution is 0.0958. The van der Waals surface area contributed by atoms with Crippen LogP contribution in [-0.4, -0.2) is 59.8 Å². The van der Waals surface area contributed by atoms with E-state index in [4.69, 9.17) is 4.98 Å². The van der Waals surface area contributed by atoms with Crippen molar-refractivity contribution in [1.82, 2.24) is 25.0 Å². The molecule has 2 aromatic heterocycles. The van der Waals surface area contributed by atoms with Crippen LogP contribution in [0.3, 0.4) is 0 Å². The first-order chi connectivity index (χ1) is 16.9. The molecule has 0 aliphatic carbocycles. The van der Waals surface area contributed by atoms with Crippen LogP contribution in [0.1, 0.15) is 28.0 Å². The Labute approximate surface area is 206 Å². The molecule has 7 heteroatoms. The predicted molar refractivity (Wildman–Crippen MR) is 141 cm³/mol. The maximum atomic E-state index is 12.5. The number of amides is 1. The number of rotatable bonds is 6. The number of fused-ring (bicyclic) bond motifs is 2. The van der Waals surface area contributed by atoms with Crippen molar-refractivity contribution in [3.63, 3.8) is 0 Å². The number of nitrogens with one attached hydrogen (secondary N) is 1. The Hall–Kier alpha value is -3.71. The molecule has 4 aromatic rings. The molecule has 1 N–H and O–H groups in total. The fourth-order valence-electron chi connectivity index (χ4n) is 4.83. The van der Waals surface area contributed by atoms with Gasteiger partial charge in [0, 0.05) is 43.0 Å². The van der Waals surface area contributed by atoms with E-state index in [0.717, 1.165) is 54.6 Å². The van der Waals surface area contributed by atoms with Gasteiger partial charge in [0.2, 0.25) is 0 Å². The molecule has 2 aromatic carbocycles. The summed E-state index contributed by atoms with van der Waals surface area (Å²) in [6.45, 7) is 4.84. The van der Waals surface area contributed by atoms with Gasteiger partial charge in [-0.1, -0.05) is 24.3 Å². The fourth-order valence-corrected chi connectivity index (χ4v) is 4.83. The zero-order chi connectivity index (χ0) is 24.5. The van der Waals surface area contributed by atoms with E-state index in [1.54, 1.807) is 7.05 Å². The molecule has 35 heavy (non-hydrogen) atoms. The van der Waals surface area contributed by atoms with Crippen LogP contribution >= 0.6 is 0 Å². The van der Waals surface area contributed by atoms with Gasteiger partial charge in [0.25, 0.3) is 5.91 Å². The first-order valence-corrected chi connectivity index (χ1v) is 12.1. The number of benzene rings is 2. The zero-order valence-corrected chi connectivity index (χ0v) is 20.9. The van der Waals surface area contributed by atoms with Gasteiger partial charge >= 0.3 is 0 Å². The third kappa shape index (κ3) is 4.51. The van der Waals surface area contributed by atoms with Crippen LogP contribution in [0.15, 0.2) is 54.9 Å². The summed E-state index contributed by atoms with van der Waals surface area (Å²) in [4.78, 5) is 21.8. The molecule has 0 spiro atoms. The highest BCUT2D eigenvalue weighted by Crippen LogP contribution is 2.39. The number of likely N-dealkylation sites (N-methyl/N-ethyl adjacent to an activating group) is 1. The molecule has 0 fully saturated rings. The molecule has 7 nitrogen and oxygen atoms in total. The van der Waals surface area contributed by atoms with Gasteiger partial charge in [0.15, 0.2) is 0 Å². The molecule has 1 aliphatic rings. The van der Waals surface area contributed by atoms with Crippen LogP contribution in [-0.2, 0) is 13.0 Å². The Balaban J connectivity index is 1.56. The quantitative estimate of drug-likeness (QED) is 0.454. The SMILES string of the molecule is CNC(=O)c1cc2ccccc2c(N2CCCc3cc(-c4cnn(CCN(C)C)c4)c(C)cc32)n1. The smallest absolute Gasteiger partial charge is 0.269 e. The average Bonchev–Trinajstić information content (AvgIpc) is 3.34. The van der Waals surface area contributed by atoms with E-state index < -0.39 is 0 Å². The second-order valence-electron chi connectivity index (χ2n) is 9.48. The van der Waals surface area contributed by atoms with E-state index in [0.29, 0.717) is 5.69 Å². The standard InChI is InChI=1S/C28H32N6O/c1-19-14-26-21(15-24(19)22-17-30-33(18-22)13-12-32(3)4)9-7-11-34(26)27-23-10-6-5-8-20(23)16-25(31-27)28(35)29-2/h5-6,8,10,14-18H,7,9,11-13H2,1-4H3,(H,29,35). The Morgan fingerprint density at radius 2 is 2.00 bits per heavy atom. The van der Waals surface area contributed by atoms with Crippen LogP contribution < -0.4 is 10.2 Å². The van der Waals surface area contributed by atoms with E-state index in [-0.39, 0.29) is 5.91 Å².